The Morgan fingerprint density at radius 1 is 1.39 bits per heavy atom. The molecule has 0 bridgehead atoms. The van der Waals surface area contributed by atoms with Crippen LogP contribution >= 0.6 is 22.9 Å². The van der Waals surface area contributed by atoms with Crippen LogP contribution in [0.2, 0.25) is 4.34 Å². The van der Waals surface area contributed by atoms with Crippen LogP contribution in [0.1, 0.15) is 15.2 Å². The highest BCUT2D eigenvalue weighted by Gasteiger charge is 2.08. The van der Waals surface area contributed by atoms with Crippen molar-refractivity contribution in [2.45, 2.75) is 6.61 Å². The highest BCUT2D eigenvalue weighted by molar-refractivity contribution is 7.16. The molecular weight excluding hydrogens is 274 g/mol. The second-order valence-electron chi connectivity index (χ2n) is 3.55. The highest BCUT2D eigenvalue weighted by Crippen LogP contribution is 2.26. The third-order valence-electron chi connectivity index (χ3n) is 2.26. The second-order valence-corrected chi connectivity index (χ2v) is 5.35. The molecule has 2 aromatic rings. The number of ether oxygens (including phenoxy) is 1. The fraction of sp³-hybridized carbons (Fsp3) is 0.0833. The van der Waals surface area contributed by atoms with Crippen LogP contribution in [0, 0.1) is 0 Å². The van der Waals surface area contributed by atoms with Gasteiger partial charge in [-0.1, -0.05) is 11.6 Å². The Bertz CT molecular complexity index is 582. The summed E-state index contributed by atoms with van der Waals surface area (Å²) in [6, 6.07) is 7.99. The number of carbonyl (C=O) groups is 1. The molecule has 1 heterocycles. The number of hydrogen-bond acceptors (Lipinski definition) is 4. The minimum absolute atomic E-state index is 0.142. The highest BCUT2D eigenvalue weighted by atomic mass is 35.5. The topological polar surface area (TPSA) is 72.6 Å². The Labute approximate surface area is 113 Å². The van der Waals surface area contributed by atoms with Crippen molar-refractivity contribution in [3.8, 4) is 5.75 Å². The van der Waals surface area contributed by atoms with E-state index in [2.05, 4.69) is 0 Å². The number of aromatic carboxylic acids is 1. The van der Waals surface area contributed by atoms with Gasteiger partial charge in [0.2, 0.25) is 0 Å². The van der Waals surface area contributed by atoms with Gasteiger partial charge in [-0.2, -0.15) is 0 Å². The molecule has 6 heteroatoms. The quantitative estimate of drug-likeness (QED) is 0.845. The molecule has 0 unspecified atom stereocenters. The van der Waals surface area contributed by atoms with E-state index in [0.29, 0.717) is 22.4 Å². The smallest absolute Gasteiger partial charge is 0.335 e. The van der Waals surface area contributed by atoms with Crippen LogP contribution in [0.25, 0.3) is 0 Å². The van der Waals surface area contributed by atoms with Gasteiger partial charge in [-0.3, -0.25) is 0 Å². The van der Waals surface area contributed by atoms with Gasteiger partial charge in [-0.15, -0.1) is 11.3 Å². The van der Waals surface area contributed by atoms with E-state index in [0.717, 1.165) is 4.88 Å². The predicted molar refractivity (Wildman–Crippen MR) is 71.5 cm³/mol. The van der Waals surface area contributed by atoms with Gasteiger partial charge < -0.3 is 15.6 Å². The summed E-state index contributed by atoms with van der Waals surface area (Å²) in [7, 11) is 0. The van der Waals surface area contributed by atoms with Gasteiger partial charge in [0.15, 0.2) is 0 Å². The molecule has 1 aromatic heterocycles. The number of carboxylic acid groups (broad SMARTS) is 1. The molecule has 0 aliphatic heterocycles. The summed E-state index contributed by atoms with van der Waals surface area (Å²) in [5.41, 5.74) is 6.27. The molecule has 0 radical (unpaired) electrons. The molecule has 0 fully saturated rings. The summed E-state index contributed by atoms with van der Waals surface area (Å²) in [4.78, 5) is 11.8. The number of hydrogen-bond donors (Lipinski definition) is 2. The fourth-order valence-corrected chi connectivity index (χ4v) is 2.37. The van der Waals surface area contributed by atoms with E-state index in [-0.39, 0.29) is 5.56 Å². The van der Waals surface area contributed by atoms with Crippen LogP contribution in [0.3, 0.4) is 0 Å². The van der Waals surface area contributed by atoms with Crippen LogP contribution in [0.5, 0.6) is 5.75 Å². The zero-order chi connectivity index (χ0) is 13.1. The Balaban J connectivity index is 2.13. The maximum atomic E-state index is 10.8. The first-order chi connectivity index (χ1) is 8.56. The van der Waals surface area contributed by atoms with Gasteiger partial charge in [0.05, 0.1) is 15.6 Å². The summed E-state index contributed by atoms with van der Waals surface area (Å²) in [5.74, 6) is -0.654. The van der Waals surface area contributed by atoms with E-state index in [1.54, 1.807) is 6.07 Å². The molecule has 2 rings (SSSR count). The van der Waals surface area contributed by atoms with Crippen molar-refractivity contribution >= 4 is 34.6 Å². The number of benzene rings is 1. The molecule has 0 saturated heterocycles. The van der Waals surface area contributed by atoms with Crippen molar-refractivity contribution in [3.05, 3.63) is 45.1 Å². The first-order valence-corrected chi connectivity index (χ1v) is 6.25. The first kappa shape index (κ1) is 12.7. The molecule has 0 spiro atoms. The number of nitrogens with two attached hydrogens (primary N) is 1. The van der Waals surface area contributed by atoms with Crippen LogP contribution in [0.4, 0.5) is 5.69 Å². The van der Waals surface area contributed by atoms with Crippen molar-refractivity contribution < 1.29 is 14.6 Å². The van der Waals surface area contributed by atoms with Crippen LogP contribution < -0.4 is 10.5 Å². The summed E-state index contributed by atoms with van der Waals surface area (Å²) >= 11 is 7.21. The van der Waals surface area contributed by atoms with Gasteiger partial charge in [0.1, 0.15) is 12.4 Å². The lowest BCUT2D eigenvalue weighted by atomic mass is 10.2. The largest absolute Gasteiger partial charge is 0.486 e. The van der Waals surface area contributed by atoms with Crippen molar-refractivity contribution in [1.29, 1.82) is 0 Å². The van der Waals surface area contributed by atoms with Crippen LogP contribution in [-0.2, 0) is 6.61 Å². The lowest BCUT2D eigenvalue weighted by Gasteiger charge is -2.08. The number of thiophene rings is 1. The number of rotatable bonds is 4. The summed E-state index contributed by atoms with van der Waals surface area (Å²) < 4.78 is 6.17. The van der Waals surface area contributed by atoms with Crippen LogP contribution in [0.15, 0.2) is 30.3 Å². The number of carboxylic acids is 1. The SMILES string of the molecule is Nc1ccc(C(=O)O)cc1OCc1ccc(Cl)s1. The minimum atomic E-state index is -1.01. The molecule has 4 nitrogen and oxygen atoms in total. The molecule has 0 amide bonds. The zero-order valence-corrected chi connectivity index (χ0v) is 10.8. The number of nitrogen functional groups attached to an aromatic ring is 1. The number of halogens is 1. The molecular formula is C12H10ClNO3S. The van der Waals surface area contributed by atoms with Gasteiger partial charge >= 0.3 is 5.97 Å². The van der Waals surface area contributed by atoms with E-state index in [1.165, 1.54) is 29.5 Å². The molecule has 0 saturated carbocycles. The van der Waals surface area contributed by atoms with E-state index >= 15 is 0 Å². The maximum Gasteiger partial charge on any atom is 0.335 e. The Hall–Kier alpha value is -1.72. The average molecular weight is 284 g/mol. The van der Waals surface area contributed by atoms with Crippen molar-refractivity contribution in [1.82, 2.24) is 0 Å². The molecule has 1 aromatic carbocycles. The average Bonchev–Trinajstić information content (AvgIpc) is 2.74. The summed E-state index contributed by atoms with van der Waals surface area (Å²) in [6.07, 6.45) is 0. The molecule has 3 N–H and O–H groups in total. The molecule has 18 heavy (non-hydrogen) atoms. The molecule has 0 atom stereocenters. The van der Waals surface area contributed by atoms with Crippen molar-refractivity contribution in [3.63, 3.8) is 0 Å². The maximum absolute atomic E-state index is 10.8. The van der Waals surface area contributed by atoms with Crippen molar-refractivity contribution in [2.24, 2.45) is 0 Å². The first-order valence-electron chi connectivity index (χ1n) is 5.06. The fourth-order valence-electron chi connectivity index (χ4n) is 1.37. The zero-order valence-electron chi connectivity index (χ0n) is 9.22. The van der Waals surface area contributed by atoms with E-state index in [1.807, 2.05) is 6.07 Å². The summed E-state index contributed by atoms with van der Waals surface area (Å²) in [5, 5.41) is 8.88. The Morgan fingerprint density at radius 2 is 2.17 bits per heavy atom. The normalized spacial score (nSPS) is 10.3. The Kier molecular flexibility index (Phi) is 3.74. The van der Waals surface area contributed by atoms with Gasteiger partial charge in [0.25, 0.3) is 0 Å². The van der Waals surface area contributed by atoms with Gasteiger partial charge in [-0.25, -0.2) is 4.79 Å². The molecule has 0 aliphatic rings. The predicted octanol–water partition coefficient (Wildman–Crippen LogP) is 3.26. The molecule has 94 valence electrons. The lowest BCUT2D eigenvalue weighted by Crippen LogP contribution is -2.01. The number of anilines is 1. The van der Waals surface area contributed by atoms with Crippen LogP contribution in [-0.4, -0.2) is 11.1 Å². The van der Waals surface area contributed by atoms with E-state index < -0.39 is 5.97 Å². The molecule has 0 aliphatic carbocycles. The van der Waals surface area contributed by atoms with Gasteiger partial charge in [-0.05, 0) is 30.3 Å². The third-order valence-corrected chi connectivity index (χ3v) is 3.46. The second kappa shape index (κ2) is 5.29. The van der Waals surface area contributed by atoms with E-state index in [9.17, 15) is 4.79 Å². The third kappa shape index (κ3) is 2.94. The van der Waals surface area contributed by atoms with Crippen molar-refractivity contribution in [2.75, 3.05) is 5.73 Å². The van der Waals surface area contributed by atoms with Gasteiger partial charge in [0, 0.05) is 4.88 Å². The lowest BCUT2D eigenvalue weighted by molar-refractivity contribution is 0.0696. The van der Waals surface area contributed by atoms with E-state index in [4.69, 9.17) is 27.2 Å². The standard InChI is InChI=1S/C12H10ClNO3S/c13-11-4-2-8(18-11)6-17-10-5-7(12(15)16)1-3-9(10)14/h1-5H,6,14H2,(H,15,16). The summed E-state index contributed by atoms with van der Waals surface area (Å²) in [6.45, 7) is 0.310. The monoisotopic (exact) mass is 283 g/mol. The minimum Gasteiger partial charge on any atom is -0.486 e. The Morgan fingerprint density at radius 3 is 2.78 bits per heavy atom.